The second kappa shape index (κ2) is 8.26. The Labute approximate surface area is 140 Å². The fourth-order valence-electron chi connectivity index (χ4n) is 2.60. The molecule has 1 aliphatic heterocycles. The number of amides is 2. The summed E-state index contributed by atoms with van der Waals surface area (Å²) in [6.45, 7) is 1.83. The number of hydrogen-bond donors (Lipinski definition) is 2. The Morgan fingerprint density at radius 2 is 2.04 bits per heavy atom. The maximum atomic E-state index is 13.1. The molecule has 0 bridgehead atoms. The lowest BCUT2D eigenvalue weighted by molar-refractivity contribution is -0.134. The Morgan fingerprint density at radius 3 is 2.65 bits per heavy atom. The summed E-state index contributed by atoms with van der Waals surface area (Å²) in [7, 11) is 1.81. The van der Waals surface area contributed by atoms with Crippen LogP contribution >= 0.6 is 11.6 Å². The van der Waals surface area contributed by atoms with Crippen LogP contribution in [0.4, 0.5) is 10.1 Å². The standard InChI is InChI=1S/C16H21ClFN3O2/c1-19-7-4-15(22)21-8-5-11(6-9-21)16(23)20-12-2-3-14(18)13(17)10-12/h2-3,10-11,19H,4-9H2,1H3,(H,20,23). The van der Waals surface area contributed by atoms with E-state index in [1.807, 2.05) is 7.05 Å². The number of halogens is 2. The molecule has 1 saturated heterocycles. The summed E-state index contributed by atoms with van der Waals surface area (Å²) in [5, 5.41) is 5.69. The van der Waals surface area contributed by atoms with Crippen molar-refractivity contribution in [3.8, 4) is 0 Å². The molecule has 1 fully saturated rings. The average Bonchev–Trinajstić information content (AvgIpc) is 2.56. The van der Waals surface area contributed by atoms with Gasteiger partial charge in [0, 0.05) is 37.7 Å². The van der Waals surface area contributed by atoms with Crippen molar-refractivity contribution < 1.29 is 14.0 Å². The summed E-state index contributed by atoms with van der Waals surface area (Å²) in [6.07, 6.45) is 1.74. The van der Waals surface area contributed by atoms with Gasteiger partial charge in [0.05, 0.1) is 5.02 Å². The van der Waals surface area contributed by atoms with Crippen molar-refractivity contribution in [2.24, 2.45) is 5.92 Å². The molecule has 126 valence electrons. The minimum Gasteiger partial charge on any atom is -0.343 e. The van der Waals surface area contributed by atoms with Crippen LogP contribution in [-0.2, 0) is 9.59 Å². The first-order chi connectivity index (χ1) is 11.0. The van der Waals surface area contributed by atoms with Crippen molar-refractivity contribution >= 4 is 29.1 Å². The SMILES string of the molecule is CNCCC(=O)N1CCC(C(=O)Nc2ccc(F)c(Cl)c2)CC1. The molecule has 0 unspecified atom stereocenters. The zero-order valence-electron chi connectivity index (χ0n) is 13.1. The quantitative estimate of drug-likeness (QED) is 0.863. The molecule has 7 heteroatoms. The highest BCUT2D eigenvalue weighted by molar-refractivity contribution is 6.31. The van der Waals surface area contributed by atoms with Gasteiger partial charge in [0.15, 0.2) is 0 Å². The minimum absolute atomic E-state index is 0.0206. The highest BCUT2D eigenvalue weighted by Crippen LogP contribution is 2.23. The van der Waals surface area contributed by atoms with Crippen LogP contribution < -0.4 is 10.6 Å². The number of benzene rings is 1. The first kappa shape index (κ1) is 17.7. The fourth-order valence-corrected chi connectivity index (χ4v) is 2.78. The number of hydrogen-bond acceptors (Lipinski definition) is 3. The van der Waals surface area contributed by atoms with Crippen LogP contribution in [0.5, 0.6) is 0 Å². The van der Waals surface area contributed by atoms with E-state index in [1.54, 1.807) is 4.90 Å². The zero-order chi connectivity index (χ0) is 16.8. The van der Waals surface area contributed by atoms with Gasteiger partial charge in [0.1, 0.15) is 5.82 Å². The van der Waals surface area contributed by atoms with Gasteiger partial charge in [-0.05, 0) is 38.1 Å². The molecule has 0 spiro atoms. The predicted octanol–water partition coefficient (Wildman–Crippen LogP) is 2.27. The molecule has 0 atom stereocenters. The van der Waals surface area contributed by atoms with E-state index in [1.165, 1.54) is 18.2 Å². The van der Waals surface area contributed by atoms with Crippen LogP contribution in [0, 0.1) is 11.7 Å². The lowest BCUT2D eigenvalue weighted by Crippen LogP contribution is -2.42. The Morgan fingerprint density at radius 1 is 1.35 bits per heavy atom. The Bertz CT molecular complexity index is 574. The molecule has 1 aliphatic rings. The van der Waals surface area contributed by atoms with Gasteiger partial charge >= 0.3 is 0 Å². The molecule has 5 nitrogen and oxygen atoms in total. The smallest absolute Gasteiger partial charge is 0.227 e. The largest absolute Gasteiger partial charge is 0.343 e. The summed E-state index contributed by atoms with van der Waals surface area (Å²) >= 11 is 5.70. The number of nitrogens with zero attached hydrogens (tertiary/aromatic N) is 1. The third-order valence-corrected chi connectivity index (χ3v) is 4.28. The number of carbonyl (C=O) groups is 2. The zero-order valence-corrected chi connectivity index (χ0v) is 13.8. The van der Waals surface area contributed by atoms with E-state index in [9.17, 15) is 14.0 Å². The van der Waals surface area contributed by atoms with E-state index >= 15 is 0 Å². The summed E-state index contributed by atoms with van der Waals surface area (Å²) in [5.74, 6) is -0.663. The number of likely N-dealkylation sites (tertiary alicyclic amines) is 1. The highest BCUT2D eigenvalue weighted by Gasteiger charge is 2.27. The maximum Gasteiger partial charge on any atom is 0.227 e. The van der Waals surface area contributed by atoms with Crippen molar-refractivity contribution in [3.63, 3.8) is 0 Å². The molecule has 1 aromatic carbocycles. The van der Waals surface area contributed by atoms with E-state index < -0.39 is 5.82 Å². The summed E-state index contributed by atoms with van der Waals surface area (Å²) < 4.78 is 13.1. The van der Waals surface area contributed by atoms with Crippen molar-refractivity contribution in [1.82, 2.24) is 10.2 Å². The van der Waals surface area contributed by atoms with Gasteiger partial charge in [0.2, 0.25) is 11.8 Å². The van der Waals surface area contributed by atoms with Crippen molar-refractivity contribution in [2.45, 2.75) is 19.3 Å². The molecule has 23 heavy (non-hydrogen) atoms. The lowest BCUT2D eigenvalue weighted by Gasteiger charge is -2.31. The van der Waals surface area contributed by atoms with E-state index in [0.29, 0.717) is 44.6 Å². The van der Waals surface area contributed by atoms with Gasteiger partial charge < -0.3 is 15.5 Å². The third kappa shape index (κ3) is 4.91. The van der Waals surface area contributed by atoms with Crippen LogP contribution in [0.3, 0.4) is 0 Å². The van der Waals surface area contributed by atoms with Crippen LogP contribution in [0.1, 0.15) is 19.3 Å². The Hall–Kier alpha value is -1.66. The Balaban J connectivity index is 1.83. The van der Waals surface area contributed by atoms with Gasteiger partial charge in [-0.2, -0.15) is 0 Å². The Kier molecular flexibility index (Phi) is 6.36. The third-order valence-electron chi connectivity index (χ3n) is 3.99. The average molecular weight is 342 g/mol. The summed E-state index contributed by atoms with van der Waals surface area (Å²) in [6, 6.07) is 4.10. The van der Waals surface area contributed by atoms with Crippen LogP contribution in [0.2, 0.25) is 5.02 Å². The lowest BCUT2D eigenvalue weighted by atomic mass is 9.95. The molecular formula is C16H21ClFN3O2. The normalized spacial score (nSPS) is 15.5. The number of anilines is 1. The van der Waals surface area contributed by atoms with Crippen molar-refractivity contribution in [2.75, 3.05) is 32.0 Å². The van der Waals surface area contributed by atoms with E-state index in [0.717, 1.165) is 0 Å². The monoisotopic (exact) mass is 341 g/mol. The van der Waals surface area contributed by atoms with E-state index in [2.05, 4.69) is 10.6 Å². The minimum atomic E-state index is -0.516. The first-order valence-electron chi connectivity index (χ1n) is 7.69. The van der Waals surface area contributed by atoms with Crippen LogP contribution in [0.15, 0.2) is 18.2 Å². The van der Waals surface area contributed by atoms with E-state index in [-0.39, 0.29) is 22.8 Å². The highest BCUT2D eigenvalue weighted by atomic mass is 35.5. The fraction of sp³-hybridized carbons (Fsp3) is 0.500. The number of carbonyl (C=O) groups excluding carboxylic acids is 2. The molecule has 0 aromatic heterocycles. The second-order valence-corrected chi connectivity index (χ2v) is 6.03. The number of rotatable bonds is 5. The maximum absolute atomic E-state index is 13.1. The second-order valence-electron chi connectivity index (χ2n) is 5.63. The van der Waals surface area contributed by atoms with Gasteiger partial charge in [-0.15, -0.1) is 0 Å². The molecule has 2 rings (SSSR count). The molecule has 1 heterocycles. The number of nitrogens with one attached hydrogen (secondary N) is 2. The van der Waals surface area contributed by atoms with Crippen LogP contribution in [0.25, 0.3) is 0 Å². The molecular weight excluding hydrogens is 321 g/mol. The summed E-state index contributed by atoms with van der Waals surface area (Å²) in [4.78, 5) is 26.0. The molecule has 0 aliphatic carbocycles. The van der Waals surface area contributed by atoms with Gasteiger partial charge in [-0.3, -0.25) is 9.59 Å². The van der Waals surface area contributed by atoms with Gasteiger partial charge in [-0.1, -0.05) is 11.6 Å². The van der Waals surface area contributed by atoms with Crippen LogP contribution in [-0.4, -0.2) is 43.4 Å². The van der Waals surface area contributed by atoms with Gasteiger partial charge in [0.25, 0.3) is 0 Å². The topological polar surface area (TPSA) is 61.4 Å². The molecule has 1 aromatic rings. The molecule has 2 amide bonds. The summed E-state index contributed by atoms with van der Waals surface area (Å²) in [5.41, 5.74) is 0.480. The molecule has 0 saturated carbocycles. The van der Waals surface area contributed by atoms with Crippen molar-refractivity contribution in [1.29, 1.82) is 0 Å². The molecule has 2 N–H and O–H groups in total. The molecule has 0 radical (unpaired) electrons. The predicted molar refractivity (Wildman–Crippen MR) is 87.9 cm³/mol. The van der Waals surface area contributed by atoms with Gasteiger partial charge in [-0.25, -0.2) is 4.39 Å². The number of piperidine rings is 1. The first-order valence-corrected chi connectivity index (χ1v) is 8.07. The van der Waals surface area contributed by atoms with E-state index in [4.69, 9.17) is 11.6 Å². The van der Waals surface area contributed by atoms with Crippen molar-refractivity contribution in [3.05, 3.63) is 29.0 Å².